The molecule has 41 heavy (non-hydrogen) atoms. The van der Waals surface area contributed by atoms with Gasteiger partial charge in [0.2, 0.25) is 20.0 Å². The summed E-state index contributed by atoms with van der Waals surface area (Å²) in [7, 11) is -3.94. The molecule has 2 aromatic rings. The molecule has 0 atom stereocenters. The fourth-order valence-electron chi connectivity index (χ4n) is 4.29. The van der Waals surface area contributed by atoms with E-state index >= 15 is 0 Å². The first kappa shape index (κ1) is 32.6. The highest BCUT2D eigenvalue weighted by molar-refractivity contribution is 7.89. The molecule has 0 aliphatic carbocycles. The van der Waals surface area contributed by atoms with E-state index in [0.717, 1.165) is 37.6 Å². The lowest BCUT2D eigenvalue weighted by Gasteiger charge is -2.41. The van der Waals surface area contributed by atoms with Gasteiger partial charge in [-0.15, -0.1) is 0 Å². The molecule has 1 amide bonds. The van der Waals surface area contributed by atoms with E-state index in [-0.39, 0.29) is 4.90 Å². The molecule has 0 spiro atoms. The fraction of sp³-hybridized carbons (Fsp3) is 0.519. The summed E-state index contributed by atoms with van der Waals surface area (Å²) in [6, 6.07) is 13.7. The van der Waals surface area contributed by atoms with Crippen LogP contribution in [0.5, 0.6) is 0 Å². The zero-order valence-corrected chi connectivity index (χ0v) is 25.9. The van der Waals surface area contributed by atoms with Crippen LogP contribution in [0.1, 0.15) is 20.8 Å². The number of sulfonamides is 2. The number of nitrogens with one attached hydrogen (secondary N) is 3. The van der Waals surface area contributed by atoms with Crippen molar-refractivity contribution in [3.63, 3.8) is 0 Å². The van der Waals surface area contributed by atoms with Gasteiger partial charge in [0.05, 0.1) is 9.79 Å². The summed E-state index contributed by atoms with van der Waals surface area (Å²) >= 11 is 0. The van der Waals surface area contributed by atoms with Gasteiger partial charge in [-0.3, -0.25) is 0 Å². The number of rotatable bonds is 9. The Morgan fingerprint density at radius 1 is 0.805 bits per heavy atom. The lowest BCUT2D eigenvalue weighted by molar-refractivity contribution is 0.0516. The highest BCUT2D eigenvalue weighted by Gasteiger charge is 2.28. The predicted octanol–water partition coefficient (Wildman–Crippen LogP) is 1.55. The maximum absolute atomic E-state index is 11.7. The van der Waals surface area contributed by atoms with E-state index < -0.39 is 31.7 Å². The Hall–Kier alpha value is -2.91. The molecule has 2 fully saturated rings. The first-order chi connectivity index (χ1) is 19.2. The maximum Gasteiger partial charge on any atom is 0.407 e. The lowest BCUT2D eigenvalue weighted by Crippen LogP contribution is -2.52. The Morgan fingerprint density at radius 3 is 1.54 bits per heavy atom. The van der Waals surface area contributed by atoms with Gasteiger partial charge in [0, 0.05) is 55.9 Å². The monoisotopic (exact) mass is 610 g/mol. The molecule has 2 heterocycles. The predicted molar refractivity (Wildman–Crippen MR) is 160 cm³/mol. The molecule has 0 unspecified atom stereocenters. The van der Waals surface area contributed by atoms with E-state index in [2.05, 4.69) is 24.6 Å². The van der Waals surface area contributed by atoms with E-state index in [9.17, 15) is 21.6 Å². The van der Waals surface area contributed by atoms with E-state index in [4.69, 9.17) is 10.5 Å². The second-order valence-electron chi connectivity index (χ2n) is 11.1. The minimum Gasteiger partial charge on any atom is -0.444 e. The van der Waals surface area contributed by atoms with Crippen molar-refractivity contribution in [2.45, 2.75) is 36.2 Å². The molecular weight excluding hydrogens is 568 g/mol. The number of ether oxygens (including phenoxy) is 1. The summed E-state index contributed by atoms with van der Waals surface area (Å²) in [4.78, 5) is 16.5. The van der Waals surface area contributed by atoms with Crippen LogP contribution < -0.4 is 30.3 Å². The number of benzene rings is 2. The Balaban J connectivity index is 0.000000239. The summed E-state index contributed by atoms with van der Waals surface area (Å²) in [6.07, 6.45) is -0.400. The minimum atomic E-state index is -3.40. The maximum atomic E-state index is 11.7. The smallest absolute Gasteiger partial charge is 0.407 e. The molecular formula is C27H42N6O6S2. The number of anilines is 2. The van der Waals surface area contributed by atoms with Crippen molar-refractivity contribution in [2.24, 2.45) is 17.6 Å². The van der Waals surface area contributed by atoms with Crippen LogP contribution in [0.2, 0.25) is 0 Å². The first-order valence-electron chi connectivity index (χ1n) is 13.4. The number of carbonyl (C=O) groups excluding carboxylic acids is 1. The van der Waals surface area contributed by atoms with Crippen molar-refractivity contribution >= 4 is 37.5 Å². The molecule has 0 bridgehead atoms. The summed E-state index contributed by atoms with van der Waals surface area (Å²) in [6.45, 7) is 10.3. The molecule has 12 nitrogen and oxygen atoms in total. The Bertz CT molecular complexity index is 1360. The van der Waals surface area contributed by atoms with Gasteiger partial charge < -0.3 is 25.6 Å². The summed E-state index contributed by atoms with van der Waals surface area (Å²) in [5.41, 5.74) is 7.08. The molecule has 2 aromatic carbocycles. The molecule has 0 saturated carbocycles. The highest BCUT2D eigenvalue weighted by Crippen LogP contribution is 2.26. The minimum absolute atomic E-state index is 0.248. The van der Waals surface area contributed by atoms with Crippen molar-refractivity contribution in [3.8, 4) is 0 Å². The van der Waals surface area contributed by atoms with E-state index in [1.807, 2.05) is 32.9 Å². The van der Waals surface area contributed by atoms with Gasteiger partial charge in [0.1, 0.15) is 5.60 Å². The highest BCUT2D eigenvalue weighted by atomic mass is 32.2. The third-order valence-corrected chi connectivity index (χ3v) is 9.60. The summed E-state index contributed by atoms with van der Waals surface area (Å²) in [5.74, 6) is 0.925. The van der Waals surface area contributed by atoms with Crippen LogP contribution in [-0.2, 0) is 24.8 Å². The van der Waals surface area contributed by atoms with E-state index in [1.165, 1.54) is 14.1 Å². The fourth-order valence-corrected chi connectivity index (χ4v) is 5.75. The van der Waals surface area contributed by atoms with Crippen LogP contribution in [0.4, 0.5) is 16.2 Å². The molecule has 14 heteroatoms. The van der Waals surface area contributed by atoms with Gasteiger partial charge in [0.15, 0.2) is 0 Å². The van der Waals surface area contributed by atoms with Gasteiger partial charge >= 0.3 is 6.09 Å². The lowest BCUT2D eigenvalue weighted by atomic mass is 9.99. The van der Waals surface area contributed by atoms with Crippen molar-refractivity contribution in [2.75, 3.05) is 63.2 Å². The van der Waals surface area contributed by atoms with Crippen molar-refractivity contribution in [1.82, 2.24) is 14.8 Å². The third-order valence-electron chi connectivity index (χ3n) is 6.74. The van der Waals surface area contributed by atoms with Crippen LogP contribution >= 0.6 is 0 Å². The topological polar surface area (TPSA) is 163 Å². The number of carbonyl (C=O) groups is 1. The quantitative estimate of drug-likeness (QED) is 0.330. The van der Waals surface area contributed by atoms with Crippen LogP contribution in [-0.4, -0.2) is 81.9 Å². The number of hydrogen-bond acceptors (Lipinski definition) is 9. The van der Waals surface area contributed by atoms with Gasteiger partial charge in [0.25, 0.3) is 0 Å². The molecule has 2 aliphatic rings. The van der Waals surface area contributed by atoms with Crippen molar-refractivity contribution in [3.05, 3.63) is 48.5 Å². The zero-order valence-electron chi connectivity index (χ0n) is 24.3. The third kappa shape index (κ3) is 9.04. The molecule has 2 aliphatic heterocycles. The normalized spacial score (nSPS) is 16.2. The van der Waals surface area contributed by atoms with E-state index in [0.29, 0.717) is 29.8 Å². The molecule has 2 saturated heterocycles. The molecule has 5 N–H and O–H groups in total. The van der Waals surface area contributed by atoms with Gasteiger partial charge in [-0.25, -0.2) is 31.1 Å². The van der Waals surface area contributed by atoms with E-state index in [1.54, 1.807) is 36.4 Å². The van der Waals surface area contributed by atoms with Crippen LogP contribution in [0.25, 0.3) is 0 Å². The van der Waals surface area contributed by atoms with Crippen molar-refractivity contribution < 1.29 is 26.4 Å². The Morgan fingerprint density at radius 2 is 1.20 bits per heavy atom. The number of hydrogen-bond donors (Lipinski definition) is 4. The average molecular weight is 611 g/mol. The summed E-state index contributed by atoms with van der Waals surface area (Å²) < 4.78 is 56.2. The number of nitrogens with zero attached hydrogens (tertiary/aromatic N) is 2. The van der Waals surface area contributed by atoms with Gasteiger partial charge in [-0.2, -0.15) is 0 Å². The van der Waals surface area contributed by atoms with Crippen molar-refractivity contribution in [1.29, 1.82) is 0 Å². The Labute approximate surface area is 243 Å². The standard InChI is InChI=1S/C16H25N3O4S.C11H17N3O2S/c1-16(2,3)23-15(20)18-9-12-10-19(11-12)13-5-7-14(8-6-13)24(21,22)17-4;1-13-17(15,16)11-4-2-10(3-5-11)14-7-9(6-12)8-14/h5-8,12,17H,9-11H2,1-4H3,(H,18,20);2-5,9,13H,6-8,12H2,1H3. The van der Waals surface area contributed by atoms with Gasteiger partial charge in [-0.05, 0) is 89.9 Å². The number of alkyl carbamates (subject to hydrolysis) is 1. The SMILES string of the molecule is CNS(=O)(=O)c1ccc(N2CC(CN)C2)cc1.CNS(=O)(=O)c1ccc(N2CC(CNC(=O)OC(C)(C)C)C2)cc1. The largest absolute Gasteiger partial charge is 0.444 e. The second-order valence-corrected chi connectivity index (χ2v) is 14.8. The number of nitrogens with two attached hydrogens (primary N) is 1. The molecule has 0 aromatic heterocycles. The first-order valence-corrected chi connectivity index (χ1v) is 16.4. The Kier molecular flexibility index (Phi) is 10.6. The van der Waals surface area contributed by atoms with Crippen LogP contribution in [0.15, 0.2) is 58.3 Å². The van der Waals surface area contributed by atoms with Gasteiger partial charge in [-0.1, -0.05) is 0 Å². The molecule has 4 rings (SSSR count). The summed E-state index contributed by atoms with van der Waals surface area (Å²) in [5, 5.41) is 2.77. The second kappa shape index (κ2) is 13.4. The molecule has 0 radical (unpaired) electrons. The van der Waals surface area contributed by atoms with Crippen LogP contribution in [0, 0.1) is 11.8 Å². The molecule has 228 valence electrons. The number of amides is 1. The van der Waals surface area contributed by atoms with Crippen LogP contribution in [0.3, 0.4) is 0 Å². The average Bonchev–Trinajstić information content (AvgIpc) is 2.87. The zero-order chi connectivity index (χ0) is 30.4.